The van der Waals surface area contributed by atoms with Crippen LogP contribution in [-0.4, -0.2) is 24.0 Å². The van der Waals surface area contributed by atoms with Crippen molar-refractivity contribution in [3.8, 4) is 0 Å². The van der Waals surface area contributed by atoms with Gasteiger partial charge in [0.2, 0.25) is 0 Å². The Morgan fingerprint density at radius 1 is 1.12 bits per heavy atom. The fourth-order valence-electron chi connectivity index (χ4n) is 3.30. The third kappa shape index (κ3) is 4.02. The van der Waals surface area contributed by atoms with E-state index in [1.54, 1.807) is 18.2 Å². The average molecular weight is 354 g/mol. The highest BCUT2D eigenvalue weighted by Crippen LogP contribution is 2.32. The number of nitro benzene ring substituents is 1. The minimum absolute atomic E-state index is 0.103. The fraction of sp³-hybridized carbons (Fsp3) is 0.350. The lowest BCUT2D eigenvalue weighted by atomic mass is 9.96. The van der Waals surface area contributed by atoms with Gasteiger partial charge in [0.05, 0.1) is 10.8 Å². The molecule has 1 atom stereocenters. The molecule has 6 nitrogen and oxygen atoms in total. The van der Waals surface area contributed by atoms with E-state index in [-0.39, 0.29) is 28.6 Å². The molecule has 6 heteroatoms. The van der Waals surface area contributed by atoms with Crippen molar-refractivity contribution in [3.63, 3.8) is 0 Å². The van der Waals surface area contributed by atoms with Crippen LogP contribution < -0.4 is 4.90 Å². The van der Waals surface area contributed by atoms with E-state index < -0.39 is 0 Å². The molecule has 0 aliphatic carbocycles. The van der Waals surface area contributed by atoms with E-state index in [2.05, 4.69) is 0 Å². The molecule has 0 N–H and O–H groups in total. The monoisotopic (exact) mass is 354 g/mol. The van der Waals surface area contributed by atoms with Gasteiger partial charge in [-0.25, -0.2) is 0 Å². The van der Waals surface area contributed by atoms with Crippen molar-refractivity contribution in [1.29, 1.82) is 0 Å². The van der Waals surface area contributed by atoms with Gasteiger partial charge in [-0.15, -0.1) is 0 Å². The van der Waals surface area contributed by atoms with E-state index >= 15 is 0 Å². The lowest BCUT2D eigenvalue weighted by Crippen LogP contribution is -2.37. The third-order valence-corrected chi connectivity index (χ3v) is 4.81. The second kappa shape index (κ2) is 7.99. The van der Waals surface area contributed by atoms with Crippen molar-refractivity contribution in [2.75, 3.05) is 18.0 Å². The maximum absolute atomic E-state index is 12.5. The third-order valence-electron chi connectivity index (χ3n) is 4.81. The van der Waals surface area contributed by atoms with Gasteiger partial charge in [0.15, 0.2) is 0 Å². The van der Waals surface area contributed by atoms with Gasteiger partial charge in [-0.05, 0) is 31.4 Å². The molecule has 26 heavy (non-hydrogen) atoms. The summed E-state index contributed by atoms with van der Waals surface area (Å²) in [5.41, 5.74) is 1.69. The number of nitrogens with zero attached hydrogens (tertiary/aromatic N) is 2. The topological polar surface area (TPSA) is 72.7 Å². The van der Waals surface area contributed by atoms with Crippen molar-refractivity contribution in [2.45, 2.75) is 25.9 Å². The molecule has 136 valence electrons. The van der Waals surface area contributed by atoms with Crippen LogP contribution in [0.15, 0.2) is 54.6 Å². The summed E-state index contributed by atoms with van der Waals surface area (Å²) >= 11 is 0. The van der Waals surface area contributed by atoms with Crippen molar-refractivity contribution >= 4 is 17.3 Å². The first-order valence-electron chi connectivity index (χ1n) is 8.80. The predicted octanol–water partition coefficient (Wildman–Crippen LogP) is 4.12. The van der Waals surface area contributed by atoms with Gasteiger partial charge >= 0.3 is 5.97 Å². The molecule has 2 aromatic carbocycles. The second-order valence-electron chi connectivity index (χ2n) is 6.50. The summed E-state index contributed by atoms with van der Waals surface area (Å²) < 4.78 is 5.61. The second-order valence-corrected chi connectivity index (χ2v) is 6.50. The largest absolute Gasteiger partial charge is 0.458 e. The Morgan fingerprint density at radius 2 is 1.73 bits per heavy atom. The number of ether oxygens (including phenoxy) is 1. The number of rotatable bonds is 5. The molecule has 0 amide bonds. The fourth-order valence-corrected chi connectivity index (χ4v) is 3.30. The maximum atomic E-state index is 12.5. The molecular weight excluding hydrogens is 332 g/mol. The first kappa shape index (κ1) is 17.9. The normalized spacial score (nSPS) is 16.1. The zero-order valence-electron chi connectivity index (χ0n) is 14.7. The minimum atomic E-state index is -0.364. The predicted molar refractivity (Wildman–Crippen MR) is 99.0 cm³/mol. The molecule has 0 unspecified atom stereocenters. The number of esters is 1. The lowest BCUT2D eigenvalue weighted by molar-refractivity contribution is -0.384. The SMILES string of the molecule is C[C@@H](OC(=O)C1CCN(c2ccccc2[N+](=O)[O-])CC1)c1ccccc1. The van der Waals surface area contributed by atoms with E-state index in [4.69, 9.17) is 4.74 Å². The van der Waals surface area contributed by atoms with E-state index in [0.717, 1.165) is 5.56 Å². The smallest absolute Gasteiger partial charge is 0.309 e. The average Bonchev–Trinajstić information content (AvgIpc) is 2.68. The number of nitro groups is 1. The molecule has 1 saturated heterocycles. The molecule has 0 radical (unpaired) electrons. The Kier molecular flexibility index (Phi) is 5.51. The van der Waals surface area contributed by atoms with Crippen LogP contribution in [0.5, 0.6) is 0 Å². The number of hydrogen-bond donors (Lipinski definition) is 0. The molecule has 0 spiro atoms. The van der Waals surface area contributed by atoms with Crippen LogP contribution in [0.4, 0.5) is 11.4 Å². The molecule has 2 aromatic rings. The Balaban J connectivity index is 1.58. The van der Waals surface area contributed by atoms with Crippen LogP contribution in [0.1, 0.15) is 31.4 Å². The summed E-state index contributed by atoms with van der Waals surface area (Å²) in [6.45, 7) is 3.07. The van der Waals surface area contributed by atoms with E-state index in [1.807, 2.05) is 42.2 Å². The van der Waals surface area contributed by atoms with Crippen molar-refractivity contribution in [2.24, 2.45) is 5.92 Å². The maximum Gasteiger partial charge on any atom is 0.309 e. The van der Waals surface area contributed by atoms with E-state index in [9.17, 15) is 14.9 Å². The van der Waals surface area contributed by atoms with Gasteiger partial charge in [0.1, 0.15) is 11.8 Å². The summed E-state index contributed by atoms with van der Waals surface area (Å²) in [7, 11) is 0. The standard InChI is InChI=1S/C20H22N2O4/c1-15(16-7-3-2-4-8-16)26-20(23)17-11-13-21(14-12-17)18-9-5-6-10-19(18)22(24)25/h2-10,15,17H,11-14H2,1H3/t15-/m1/s1. The first-order valence-corrected chi connectivity index (χ1v) is 8.80. The van der Waals surface area contributed by atoms with Crippen molar-refractivity contribution in [1.82, 2.24) is 0 Å². The molecule has 0 aromatic heterocycles. The van der Waals surface area contributed by atoms with Crippen LogP contribution in [0, 0.1) is 16.0 Å². The molecular formula is C20H22N2O4. The zero-order chi connectivity index (χ0) is 18.5. The number of para-hydroxylation sites is 2. The van der Waals surface area contributed by atoms with Gasteiger partial charge < -0.3 is 9.64 Å². The van der Waals surface area contributed by atoms with Crippen LogP contribution >= 0.6 is 0 Å². The van der Waals surface area contributed by atoms with Gasteiger partial charge in [-0.3, -0.25) is 14.9 Å². The number of piperidine rings is 1. The first-order chi connectivity index (χ1) is 12.6. The summed E-state index contributed by atoms with van der Waals surface area (Å²) in [6, 6.07) is 16.4. The van der Waals surface area contributed by atoms with Crippen molar-refractivity contribution in [3.05, 3.63) is 70.3 Å². The Hall–Kier alpha value is -2.89. The molecule has 1 heterocycles. The van der Waals surface area contributed by atoms with Gasteiger partial charge in [-0.2, -0.15) is 0 Å². The summed E-state index contributed by atoms with van der Waals surface area (Å²) in [6.07, 6.45) is 0.982. The number of benzene rings is 2. The Morgan fingerprint density at radius 3 is 2.38 bits per heavy atom. The number of hydrogen-bond acceptors (Lipinski definition) is 5. The molecule has 1 aliphatic rings. The molecule has 0 saturated carbocycles. The lowest BCUT2D eigenvalue weighted by Gasteiger charge is -2.32. The van der Waals surface area contributed by atoms with Gasteiger partial charge in [0.25, 0.3) is 5.69 Å². The summed E-state index contributed by atoms with van der Waals surface area (Å²) in [5.74, 6) is -0.358. The highest BCUT2D eigenvalue weighted by Gasteiger charge is 2.29. The highest BCUT2D eigenvalue weighted by molar-refractivity contribution is 5.73. The molecule has 1 aliphatic heterocycles. The Labute approximate surface area is 152 Å². The number of carbonyl (C=O) groups is 1. The summed E-state index contributed by atoms with van der Waals surface area (Å²) in [5, 5.41) is 11.2. The van der Waals surface area contributed by atoms with E-state index in [0.29, 0.717) is 31.6 Å². The van der Waals surface area contributed by atoms with Crippen LogP contribution in [0.25, 0.3) is 0 Å². The minimum Gasteiger partial charge on any atom is -0.458 e. The molecule has 0 bridgehead atoms. The molecule has 3 rings (SSSR count). The quantitative estimate of drug-likeness (QED) is 0.459. The van der Waals surface area contributed by atoms with E-state index in [1.165, 1.54) is 6.07 Å². The number of anilines is 1. The van der Waals surface area contributed by atoms with Crippen molar-refractivity contribution < 1.29 is 14.5 Å². The van der Waals surface area contributed by atoms with Crippen LogP contribution in [-0.2, 0) is 9.53 Å². The van der Waals surface area contributed by atoms with Gasteiger partial charge in [0, 0.05) is 19.2 Å². The molecule has 1 fully saturated rings. The highest BCUT2D eigenvalue weighted by atomic mass is 16.6. The Bertz CT molecular complexity index is 770. The summed E-state index contributed by atoms with van der Waals surface area (Å²) in [4.78, 5) is 25.3. The van der Waals surface area contributed by atoms with Gasteiger partial charge in [-0.1, -0.05) is 42.5 Å². The zero-order valence-corrected chi connectivity index (χ0v) is 14.7. The van der Waals surface area contributed by atoms with Crippen LogP contribution in [0.3, 0.4) is 0 Å². The van der Waals surface area contributed by atoms with Crippen LogP contribution in [0.2, 0.25) is 0 Å². The number of carbonyl (C=O) groups excluding carboxylic acids is 1.